The van der Waals surface area contributed by atoms with Gasteiger partial charge < -0.3 is 10.7 Å². The minimum atomic E-state index is -0.516. The zero-order valence-corrected chi connectivity index (χ0v) is 10.2. The Bertz CT molecular complexity index is 580. The first-order valence-corrected chi connectivity index (χ1v) is 5.47. The maximum absolute atomic E-state index is 12.8. The van der Waals surface area contributed by atoms with Gasteiger partial charge in [-0.1, -0.05) is 0 Å². The van der Waals surface area contributed by atoms with Gasteiger partial charge in [0.25, 0.3) is 0 Å². The molecule has 0 amide bonds. The van der Waals surface area contributed by atoms with Crippen LogP contribution in [0.3, 0.4) is 0 Å². The molecule has 1 aromatic heterocycles. The smallest absolute Gasteiger partial charge is 0.347 e. The van der Waals surface area contributed by atoms with E-state index >= 15 is 0 Å². The molecule has 0 aliphatic heterocycles. The van der Waals surface area contributed by atoms with Crippen LogP contribution in [-0.4, -0.2) is 9.97 Å². The number of nitrogens with one attached hydrogen (secondary N) is 1. The van der Waals surface area contributed by atoms with Gasteiger partial charge >= 0.3 is 5.69 Å². The largest absolute Gasteiger partial charge is 0.383 e. The standard InChI is InChI=1S/C10H7FIN3O/c11-6-3-1-5(2-4-6)8-7(12)9(13)15-10(16)14-8/h1-4H,(H3,13,14,15,16). The van der Waals surface area contributed by atoms with Crippen molar-refractivity contribution in [3.8, 4) is 11.3 Å². The fourth-order valence-electron chi connectivity index (χ4n) is 1.29. The van der Waals surface area contributed by atoms with Gasteiger partial charge in [0.2, 0.25) is 0 Å². The number of anilines is 1. The first-order chi connectivity index (χ1) is 7.58. The molecule has 0 aliphatic carbocycles. The fourth-order valence-corrected chi connectivity index (χ4v) is 1.86. The Morgan fingerprint density at radius 2 is 1.94 bits per heavy atom. The number of rotatable bonds is 1. The van der Waals surface area contributed by atoms with Crippen molar-refractivity contribution < 1.29 is 4.39 Å². The number of nitrogens with two attached hydrogens (primary N) is 1. The summed E-state index contributed by atoms with van der Waals surface area (Å²) in [5.41, 5.74) is 6.31. The Kier molecular flexibility index (Phi) is 2.90. The zero-order chi connectivity index (χ0) is 11.7. The van der Waals surface area contributed by atoms with E-state index in [-0.39, 0.29) is 11.6 Å². The third-order valence-electron chi connectivity index (χ3n) is 2.03. The average molecular weight is 331 g/mol. The molecule has 0 spiro atoms. The van der Waals surface area contributed by atoms with Gasteiger partial charge in [-0.15, -0.1) is 0 Å². The molecule has 0 radical (unpaired) electrons. The molecule has 4 nitrogen and oxygen atoms in total. The Morgan fingerprint density at radius 1 is 1.31 bits per heavy atom. The first kappa shape index (κ1) is 11.1. The second-order valence-corrected chi connectivity index (χ2v) is 4.20. The van der Waals surface area contributed by atoms with Crippen LogP contribution >= 0.6 is 22.6 Å². The summed E-state index contributed by atoms with van der Waals surface area (Å²) in [4.78, 5) is 17.3. The predicted octanol–water partition coefficient (Wildman–Crippen LogP) is 1.76. The number of hydrogen-bond donors (Lipinski definition) is 2. The van der Waals surface area contributed by atoms with Crippen molar-refractivity contribution in [2.24, 2.45) is 0 Å². The highest BCUT2D eigenvalue weighted by Gasteiger charge is 2.09. The number of nitrogens with zero attached hydrogens (tertiary/aromatic N) is 1. The third kappa shape index (κ3) is 2.06. The second-order valence-electron chi connectivity index (χ2n) is 3.12. The maximum atomic E-state index is 12.8. The van der Waals surface area contributed by atoms with Crippen LogP contribution < -0.4 is 11.4 Å². The van der Waals surface area contributed by atoms with E-state index in [1.165, 1.54) is 12.1 Å². The van der Waals surface area contributed by atoms with Gasteiger partial charge in [0.15, 0.2) is 0 Å². The highest BCUT2D eigenvalue weighted by atomic mass is 127. The molecule has 82 valence electrons. The Morgan fingerprint density at radius 3 is 2.56 bits per heavy atom. The average Bonchev–Trinajstić information content (AvgIpc) is 2.25. The van der Waals surface area contributed by atoms with Gasteiger partial charge in [0, 0.05) is 0 Å². The molecule has 2 rings (SSSR count). The van der Waals surface area contributed by atoms with E-state index in [1.54, 1.807) is 12.1 Å². The second kappa shape index (κ2) is 4.20. The van der Waals surface area contributed by atoms with Crippen molar-refractivity contribution in [1.82, 2.24) is 9.97 Å². The number of aromatic amines is 1. The lowest BCUT2D eigenvalue weighted by atomic mass is 10.1. The minimum absolute atomic E-state index is 0.170. The minimum Gasteiger partial charge on any atom is -0.383 e. The lowest BCUT2D eigenvalue weighted by molar-refractivity contribution is 0.628. The molecule has 3 N–H and O–H groups in total. The topological polar surface area (TPSA) is 71.8 Å². The predicted molar refractivity (Wildman–Crippen MR) is 67.4 cm³/mol. The molecule has 0 saturated carbocycles. The Hall–Kier alpha value is -1.44. The summed E-state index contributed by atoms with van der Waals surface area (Å²) in [5.74, 6) is -0.160. The number of nitrogen functional groups attached to an aromatic ring is 1. The summed E-state index contributed by atoms with van der Waals surface area (Å²) in [6, 6.07) is 5.78. The molecule has 6 heteroatoms. The highest BCUT2D eigenvalue weighted by molar-refractivity contribution is 14.1. The van der Waals surface area contributed by atoms with E-state index in [0.717, 1.165) is 0 Å². The number of aromatic nitrogens is 2. The highest BCUT2D eigenvalue weighted by Crippen LogP contribution is 2.24. The van der Waals surface area contributed by atoms with Crippen LogP contribution in [0, 0.1) is 9.39 Å². The molecule has 1 aromatic carbocycles. The summed E-state index contributed by atoms with van der Waals surface area (Å²) in [6.45, 7) is 0. The number of benzene rings is 1. The lowest BCUT2D eigenvalue weighted by Crippen LogP contribution is -2.15. The van der Waals surface area contributed by atoms with E-state index < -0.39 is 5.69 Å². The monoisotopic (exact) mass is 331 g/mol. The molecule has 0 fully saturated rings. The van der Waals surface area contributed by atoms with Gasteiger partial charge in [-0.3, -0.25) is 0 Å². The molecule has 1 heterocycles. The first-order valence-electron chi connectivity index (χ1n) is 4.39. The van der Waals surface area contributed by atoms with Crippen molar-refractivity contribution in [1.29, 1.82) is 0 Å². The van der Waals surface area contributed by atoms with Crippen molar-refractivity contribution in [2.45, 2.75) is 0 Å². The normalized spacial score (nSPS) is 10.4. The molecule has 0 saturated heterocycles. The van der Waals surface area contributed by atoms with Crippen molar-refractivity contribution in [2.75, 3.05) is 5.73 Å². The van der Waals surface area contributed by atoms with Crippen LogP contribution in [0.25, 0.3) is 11.3 Å². The van der Waals surface area contributed by atoms with Gasteiger partial charge in [-0.25, -0.2) is 9.18 Å². The summed E-state index contributed by atoms with van der Waals surface area (Å²) in [5, 5.41) is 0. The molecule has 0 bridgehead atoms. The number of hydrogen-bond acceptors (Lipinski definition) is 3. The summed E-state index contributed by atoms with van der Waals surface area (Å²) in [7, 11) is 0. The molecule has 2 aromatic rings. The van der Waals surface area contributed by atoms with E-state index in [1.807, 2.05) is 22.6 Å². The quantitative estimate of drug-likeness (QED) is 0.783. The third-order valence-corrected chi connectivity index (χ3v) is 3.12. The number of H-pyrrole nitrogens is 1. The van der Waals surface area contributed by atoms with Gasteiger partial charge in [-0.05, 0) is 52.4 Å². The van der Waals surface area contributed by atoms with Crippen LogP contribution in [0.4, 0.5) is 10.2 Å². The van der Waals surface area contributed by atoms with Crippen molar-refractivity contribution in [3.63, 3.8) is 0 Å². The fraction of sp³-hybridized carbons (Fsp3) is 0. The van der Waals surface area contributed by atoms with E-state index in [2.05, 4.69) is 9.97 Å². The molecule has 0 unspecified atom stereocenters. The summed E-state index contributed by atoms with van der Waals surface area (Å²) < 4.78 is 13.4. The summed E-state index contributed by atoms with van der Waals surface area (Å²) >= 11 is 1.98. The summed E-state index contributed by atoms with van der Waals surface area (Å²) in [6.07, 6.45) is 0. The van der Waals surface area contributed by atoms with Crippen molar-refractivity contribution >= 4 is 28.4 Å². The van der Waals surface area contributed by atoms with Crippen LogP contribution in [-0.2, 0) is 0 Å². The van der Waals surface area contributed by atoms with Crippen LogP contribution in [0.5, 0.6) is 0 Å². The SMILES string of the molecule is Nc1nc(=O)[nH]c(-c2ccc(F)cc2)c1I. The molecule has 16 heavy (non-hydrogen) atoms. The van der Waals surface area contributed by atoms with Gasteiger partial charge in [-0.2, -0.15) is 4.98 Å². The van der Waals surface area contributed by atoms with Crippen LogP contribution in [0.1, 0.15) is 0 Å². The number of halogens is 2. The lowest BCUT2D eigenvalue weighted by Gasteiger charge is -2.05. The van der Waals surface area contributed by atoms with Crippen LogP contribution in [0.15, 0.2) is 29.1 Å². The molecular weight excluding hydrogens is 324 g/mol. The molecule has 0 atom stereocenters. The van der Waals surface area contributed by atoms with E-state index in [4.69, 9.17) is 5.73 Å². The Balaban J connectivity index is 2.64. The molecular formula is C10H7FIN3O. The van der Waals surface area contributed by atoms with Gasteiger partial charge in [0.1, 0.15) is 11.6 Å². The van der Waals surface area contributed by atoms with Crippen LogP contribution in [0.2, 0.25) is 0 Å². The van der Waals surface area contributed by atoms with E-state index in [9.17, 15) is 9.18 Å². The van der Waals surface area contributed by atoms with E-state index in [0.29, 0.717) is 14.8 Å². The van der Waals surface area contributed by atoms with Crippen molar-refractivity contribution in [3.05, 3.63) is 44.1 Å². The molecule has 0 aliphatic rings. The maximum Gasteiger partial charge on any atom is 0.347 e. The Labute approximate surface area is 104 Å². The zero-order valence-electron chi connectivity index (χ0n) is 8.00. The van der Waals surface area contributed by atoms with Gasteiger partial charge in [0.05, 0.1) is 9.26 Å².